The lowest BCUT2D eigenvalue weighted by atomic mass is 10.0. The Morgan fingerprint density at radius 3 is 2.28 bits per heavy atom. The Labute approximate surface area is 116 Å². The number of hydrogen-bond acceptors (Lipinski definition) is 1. The number of aryl methyl sites for hydroxylation is 2. The average Bonchev–Trinajstić information content (AvgIpc) is 2.57. The lowest BCUT2D eigenvalue weighted by molar-refractivity contribution is 0.384. The number of para-hydroxylation sites is 1. The molecule has 2 atom stereocenters. The molecule has 0 fully saturated rings. The summed E-state index contributed by atoms with van der Waals surface area (Å²) >= 11 is 4.69. The summed E-state index contributed by atoms with van der Waals surface area (Å²) in [6.45, 7) is 11.1. The Bertz CT molecular complexity index is 543. The van der Waals surface area contributed by atoms with E-state index >= 15 is 0 Å². The quantitative estimate of drug-likeness (QED) is 0.759. The Morgan fingerprint density at radius 2 is 1.72 bits per heavy atom. The fraction of sp³-hybridized carbons (Fsp3) is 0.500. The van der Waals surface area contributed by atoms with Gasteiger partial charge in [0.2, 0.25) is 0 Å². The highest BCUT2D eigenvalue weighted by molar-refractivity contribution is 7.80. The van der Waals surface area contributed by atoms with Crippen LogP contribution in [0.5, 0.6) is 0 Å². The second-order valence-corrected chi connectivity index (χ2v) is 6.48. The molecule has 2 aromatic rings. The van der Waals surface area contributed by atoms with Crippen molar-refractivity contribution in [2.75, 3.05) is 0 Å². The summed E-state index contributed by atoms with van der Waals surface area (Å²) in [5.41, 5.74) is 4.07. The lowest BCUT2D eigenvalue weighted by Gasteiger charge is -2.27. The van der Waals surface area contributed by atoms with Crippen LogP contribution in [0.2, 0.25) is 0 Å². The van der Waals surface area contributed by atoms with Gasteiger partial charge in [-0.15, -0.1) is 0 Å². The summed E-state index contributed by atoms with van der Waals surface area (Å²) in [7, 11) is 0. The summed E-state index contributed by atoms with van der Waals surface area (Å²) in [6.07, 6.45) is 2.29. The van der Waals surface area contributed by atoms with Gasteiger partial charge in [-0.2, -0.15) is 12.6 Å². The molecule has 0 saturated heterocycles. The van der Waals surface area contributed by atoms with E-state index in [0.29, 0.717) is 17.2 Å². The van der Waals surface area contributed by atoms with Gasteiger partial charge < -0.3 is 4.57 Å². The number of fused-ring (bicyclic) bond motifs is 1. The molecule has 18 heavy (non-hydrogen) atoms. The minimum absolute atomic E-state index is 0.347. The molecule has 1 aromatic heterocycles. The fourth-order valence-electron chi connectivity index (χ4n) is 3.01. The van der Waals surface area contributed by atoms with Gasteiger partial charge in [-0.1, -0.05) is 39.0 Å². The van der Waals surface area contributed by atoms with Crippen LogP contribution in [-0.4, -0.2) is 9.82 Å². The molecule has 0 aliphatic rings. The minimum atomic E-state index is 0.347. The van der Waals surface area contributed by atoms with Gasteiger partial charge in [0.15, 0.2) is 0 Å². The van der Waals surface area contributed by atoms with Gasteiger partial charge in [-0.25, -0.2) is 0 Å². The summed E-state index contributed by atoms with van der Waals surface area (Å²) in [5.74, 6) is 0.576. The van der Waals surface area contributed by atoms with E-state index in [2.05, 4.69) is 63.6 Å². The van der Waals surface area contributed by atoms with E-state index in [1.165, 1.54) is 22.0 Å². The largest absolute Gasteiger partial charge is 0.343 e. The maximum Gasteiger partial charge on any atom is 0.0515 e. The molecule has 98 valence electrons. The number of nitrogens with zero attached hydrogens (tertiary/aromatic N) is 1. The van der Waals surface area contributed by atoms with Crippen LogP contribution in [0.1, 0.15) is 37.9 Å². The van der Waals surface area contributed by atoms with Gasteiger partial charge in [0.05, 0.1) is 5.52 Å². The van der Waals surface area contributed by atoms with Crippen molar-refractivity contribution in [1.82, 2.24) is 4.57 Å². The molecular formula is C16H23NS. The molecule has 0 spiro atoms. The van der Waals surface area contributed by atoms with Crippen LogP contribution in [0.15, 0.2) is 24.4 Å². The van der Waals surface area contributed by atoms with E-state index in [4.69, 9.17) is 12.6 Å². The summed E-state index contributed by atoms with van der Waals surface area (Å²) in [4.78, 5) is 0. The second-order valence-electron chi connectivity index (χ2n) is 5.67. The first-order valence-electron chi connectivity index (χ1n) is 6.68. The summed E-state index contributed by atoms with van der Waals surface area (Å²) in [5, 5.41) is 1.72. The number of hydrogen-bond donors (Lipinski definition) is 1. The van der Waals surface area contributed by atoms with Crippen LogP contribution in [0.4, 0.5) is 0 Å². The Hall–Kier alpha value is -0.890. The molecule has 0 bridgehead atoms. The van der Waals surface area contributed by atoms with Crippen LogP contribution >= 0.6 is 12.6 Å². The first-order chi connectivity index (χ1) is 8.43. The Kier molecular flexibility index (Phi) is 3.76. The van der Waals surface area contributed by atoms with E-state index in [0.717, 1.165) is 0 Å². The summed E-state index contributed by atoms with van der Waals surface area (Å²) in [6, 6.07) is 6.99. The predicted molar refractivity (Wildman–Crippen MR) is 83.7 cm³/mol. The maximum absolute atomic E-state index is 4.69. The van der Waals surface area contributed by atoms with Gasteiger partial charge in [0.1, 0.15) is 0 Å². The van der Waals surface area contributed by atoms with Crippen LogP contribution in [0.25, 0.3) is 10.9 Å². The van der Waals surface area contributed by atoms with E-state index in [1.807, 2.05) is 0 Å². The smallest absolute Gasteiger partial charge is 0.0515 e. The third-order valence-electron chi connectivity index (χ3n) is 3.75. The van der Waals surface area contributed by atoms with Crippen molar-refractivity contribution in [3.63, 3.8) is 0 Å². The molecule has 2 heteroatoms. The van der Waals surface area contributed by atoms with Crippen molar-refractivity contribution in [2.24, 2.45) is 5.92 Å². The highest BCUT2D eigenvalue weighted by Crippen LogP contribution is 2.33. The van der Waals surface area contributed by atoms with Crippen molar-refractivity contribution in [3.05, 3.63) is 35.5 Å². The summed E-state index contributed by atoms with van der Waals surface area (Å²) < 4.78 is 2.43. The standard InChI is InChI=1S/C16H23NS/c1-10(2)15(13(5)18)17-9-12(4)14-8-6-7-11(3)16(14)17/h6-10,13,15,18H,1-5H3. The molecule has 1 nitrogen and oxygen atoms in total. The number of aromatic nitrogens is 1. The predicted octanol–water partition coefficient (Wildman–Crippen LogP) is 4.77. The highest BCUT2D eigenvalue weighted by Gasteiger charge is 2.22. The van der Waals surface area contributed by atoms with Crippen molar-refractivity contribution in [1.29, 1.82) is 0 Å². The van der Waals surface area contributed by atoms with Crippen molar-refractivity contribution >= 4 is 23.5 Å². The molecule has 1 aromatic carbocycles. The number of thiol groups is 1. The molecule has 0 saturated carbocycles. The van der Waals surface area contributed by atoms with Gasteiger partial charge in [0.25, 0.3) is 0 Å². The fourth-order valence-corrected chi connectivity index (χ4v) is 3.50. The molecule has 2 rings (SSSR count). The van der Waals surface area contributed by atoms with Gasteiger partial charge in [0, 0.05) is 22.9 Å². The maximum atomic E-state index is 4.69. The van der Waals surface area contributed by atoms with E-state index in [9.17, 15) is 0 Å². The second kappa shape index (κ2) is 5.00. The minimum Gasteiger partial charge on any atom is -0.343 e. The van der Waals surface area contributed by atoms with Gasteiger partial charge >= 0.3 is 0 Å². The number of benzene rings is 1. The van der Waals surface area contributed by atoms with Gasteiger partial charge in [-0.3, -0.25) is 0 Å². The van der Waals surface area contributed by atoms with Crippen LogP contribution in [0, 0.1) is 19.8 Å². The van der Waals surface area contributed by atoms with E-state index in [-0.39, 0.29) is 0 Å². The molecule has 0 N–H and O–H groups in total. The SMILES string of the molecule is Cc1cn(C(C(C)C)C(C)S)c2c(C)cccc12. The monoisotopic (exact) mass is 261 g/mol. The molecule has 0 amide bonds. The number of rotatable bonds is 3. The van der Waals surface area contributed by atoms with Crippen molar-refractivity contribution < 1.29 is 0 Å². The van der Waals surface area contributed by atoms with Crippen LogP contribution in [0.3, 0.4) is 0 Å². The first kappa shape index (κ1) is 13.5. The normalized spacial score (nSPS) is 15.3. The highest BCUT2D eigenvalue weighted by atomic mass is 32.1. The zero-order chi connectivity index (χ0) is 13.4. The third kappa shape index (κ3) is 2.18. The third-order valence-corrected chi connectivity index (χ3v) is 4.06. The van der Waals surface area contributed by atoms with Gasteiger partial charge in [-0.05, 0) is 30.9 Å². The Morgan fingerprint density at radius 1 is 1.06 bits per heavy atom. The Balaban J connectivity index is 2.70. The first-order valence-corrected chi connectivity index (χ1v) is 7.20. The van der Waals surface area contributed by atoms with Crippen LogP contribution < -0.4 is 0 Å². The zero-order valence-corrected chi connectivity index (χ0v) is 12.8. The van der Waals surface area contributed by atoms with E-state index in [1.54, 1.807) is 0 Å². The average molecular weight is 261 g/mol. The zero-order valence-electron chi connectivity index (χ0n) is 11.9. The van der Waals surface area contributed by atoms with Crippen molar-refractivity contribution in [3.8, 4) is 0 Å². The molecule has 0 aliphatic heterocycles. The molecule has 2 unspecified atom stereocenters. The molecule has 1 heterocycles. The lowest BCUT2D eigenvalue weighted by Crippen LogP contribution is -2.22. The topological polar surface area (TPSA) is 4.93 Å². The van der Waals surface area contributed by atoms with Crippen molar-refractivity contribution in [2.45, 2.75) is 45.9 Å². The van der Waals surface area contributed by atoms with E-state index < -0.39 is 0 Å². The molecular weight excluding hydrogens is 238 g/mol. The molecule has 0 aliphatic carbocycles. The van der Waals surface area contributed by atoms with Crippen LogP contribution in [-0.2, 0) is 0 Å². The molecule has 0 radical (unpaired) electrons.